The molecule has 116 valence electrons. The molecule has 9 heteroatoms. The Morgan fingerprint density at radius 3 is 2.73 bits per heavy atom. The zero-order valence-corrected chi connectivity index (χ0v) is 14.0. The van der Waals surface area contributed by atoms with Gasteiger partial charge in [0.2, 0.25) is 5.91 Å². The predicted octanol–water partition coefficient (Wildman–Crippen LogP) is 2.90. The summed E-state index contributed by atoms with van der Waals surface area (Å²) in [6, 6.07) is 4.79. The molecule has 1 aromatic carbocycles. The summed E-state index contributed by atoms with van der Waals surface area (Å²) in [4.78, 5) is 26.2. The number of aromatic nitrogens is 3. The van der Waals surface area contributed by atoms with E-state index < -0.39 is 5.25 Å². The molecule has 22 heavy (non-hydrogen) atoms. The molecular formula is C13H12Cl2N4O2S. The van der Waals surface area contributed by atoms with Crippen LogP contribution in [0.5, 0.6) is 0 Å². The second-order valence-electron chi connectivity index (χ2n) is 4.42. The fourth-order valence-electron chi connectivity index (χ4n) is 1.48. The van der Waals surface area contributed by atoms with Crippen LogP contribution in [0, 0.1) is 6.92 Å². The molecule has 1 amide bonds. The number of benzene rings is 1. The zero-order chi connectivity index (χ0) is 16.3. The average Bonchev–Trinajstić information content (AvgIpc) is 2.45. The molecule has 2 rings (SSSR count). The highest BCUT2D eigenvalue weighted by Crippen LogP contribution is 2.26. The summed E-state index contributed by atoms with van der Waals surface area (Å²) < 4.78 is 0. The lowest BCUT2D eigenvalue weighted by atomic mass is 10.3. The van der Waals surface area contributed by atoms with E-state index in [1.807, 2.05) is 0 Å². The third kappa shape index (κ3) is 4.22. The summed E-state index contributed by atoms with van der Waals surface area (Å²) in [6.45, 7) is 3.24. The fourth-order valence-corrected chi connectivity index (χ4v) is 2.67. The number of carbonyl (C=O) groups excluding carboxylic acids is 1. The van der Waals surface area contributed by atoms with Crippen LogP contribution in [0.3, 0.4) is 0 Å². The van der Waals surface area contributed by atoms with Gasteiger partial charge in [0.25, 0.3) is 5.56 Å². The lowest BCUT2D eigenvalue weighted by Crippen LogP contribution is -2.24. The molecule has 0 bridgehead atoms. The number of hydrogen-bond donors (Lipinski definition) is 2. The van der Waals surface area contributed by atoms with Crippen LogP contribution >= 0.6 is 35.0 Å². The van der Waals surface area contributed by atoms with Crippen LogP contribution in [0.25, 0.3) is 0 Å². The Balaban J connectivity index is 2.05. The van der Waals surface area contributed by atoms with Crippen molar-refractivity contribution in [3.63, 3.8) is 0 Å². The van der Waals surface area contributed by atoms with E-state index in [4.69, 9.17) is 23.2 Å². The molecule has 6 nitrogen and oxygen atoms in total. The summed E-state index contributed by atoms with van der Waals surface area (Å²) in [5.41, 5.74) is 0.409. The molecule has 0 radical (unpaired) electrons. The van der Waals surface area contributed by atoms with Gasteiger partial charge < -0.3 is 5.32 Å². The smallest absolute Gasteiger partial charge is 0.273 e. The van der Waals surface area contributed by atoms with Crippen molar-refractivity contribution >= 4 is 46.6 Å². The largest absolute Gasteiger partial charge is 0.324 e. The van der Waals surface area contributed by atoms with E-state index in [2.05, 4.69) is 20.5 Å². The molecule has 0 unspecified atom stereocenters. The summed E-state index contributed by atoms with van der Waals surface area (Å²) in [5.74, 6) is -0.280. The van der Waals surface area contributed by atoms with Gasteiger partial charge in [-0.25, -0.2) is 0 Å². The number of anilines is 1. The van der Waals surface area contributed by atoms with Crippen molar-refractivity contribution in [3.05, 3.63) is 44.3 Å². The van der Waals surface area contributed by atoms with Crippen molar-refractivity contribution in [1.82, 2.24) is 15.2 Å². The molecule has 2 N–H and O–H groups in total. The molecule has 0 saturated heterocycles. The Labute approximate surface area is 140 Å². The van der Waals surface area contributed by atoms with Gasteiger partial charge in [-0.15, -0.1) is 10.2 Å². The van der Waals surface area contributed by atoms with Gasteiger partial charge in [-0.05, 0) is 32.0 Å². The number of halogens is 2. The van der Waals surface area contributed by atoms with Gasteiger partial charge >= 0.3 is 0 Å². The monoisotopic (exact) mass is 358 g/mol. The lowest BCUT2D eigenvalue weighted by molar-refractivity contribution is -0.115. The number of H-pyrrole nitrogens is 1. The second kappa shape index (κ2) is 7.13. The van der Waals surface area contributed by atoms with Crippen molar-refractivity contribution in [2.24, 2.45) is 0 Å². The Kier molecular flexibility index (Phi) is 5.44. The number of rotatable bonds is 4. The fraction of sp³-hybridized carbons (Fsp3) is 0.231. The van der Waals surface area contributed by atoms with Crippen molar-refractivity contribution in [3.8, 4) is 0 Å². The number of carbonyl (C=O) groups is 1. The third-order valence-electron chi connectivity index (χ3n) is 2.69. The standard InChI is InChI=1S/C13H12Cl2N4O2S/c1-6-11(20)17-13(19-18-6)22-7(2)12(21)16-10-4-3-8(14)5-9(10)15/h3-5,7H,1-2H3,(H,16,21)(H,17,19,20)/t7-/m0/s1. The molecule has 0 aliphatic carbocycles. The van der Waals surface area contributed by atoms with Gasteiger partial charge in [0.15, 0.2) is 5.16 Å². The molecule has 0 spiro atoms. The van der Waals surface area contributed by atoms with E-state index in [1.165, 1.54) is 0 Å². The molecule has 0 aliphatic rings. The van der Waals surface area contributed by atoms with E-state index in [0.717, 1.165) is 11.8 Å². The first-order chi connectivity index (χ1) is 10.4. The van der Waals surface area contributed by atoms with Crippen molar-refractivity contribution in [2.45, 2.75) is 24.3 Å². The summed E-state index contributed by atoms with van der Waals surface area (Å²) in [6.07, 6.45) is 0. The second-order valence-corrected chi connectivity index (χ2v) is 6.59. The summed E-state index contributed by atoms with van der Waals surface area (Å²) in [5, 5.41) is 10.9. The van der Waals surface area contributed by atoms with E-state index in [1.54, 1.807) is 32.0 Å². The molecule has 1 atom stereocenters. The quantitative estimate of drug-likeness (QED) is 0.820. The normalized spacial score (nSPS) is 12.0. The average molecular weight is 359 g/mol. The Morgan fingerprint density at radius 2 is 2.09 bits per heavy atom. The van der Waals surface area contributed by atoms with Crippen LogP contribution in [-0.4, -0.2) is 26.3 Å². The van der Waals surface area contributed by atoms with Crippen LogP contribution in [0.1, 0.15) is 12.6 Å². The van der Waals surface area contributed by atoms with Crippen LogP contribution in [-0.2, 0) is 4.79 Å². The third-order valence-corrected chi connectivity index (χ3v) is 4.21. The Morgan fingerprint density at radius 1 is 1.36 bits per heavy atom. The maximum atomic E-state index is 12.1. The SMILES string of the molecule is Cc1nnc(S[C@@H](C)C(=O)Nc2ccc(Cl)cc2Cl)[nH]c1=O. The van der Waals surface area contributed by atoms with Gasteiger partial charge in [0.1, 0.15) is 5.69 Å². The predicted molar refractivity (Wildman–Crippen MR) is 87.8 cm³/mol. The highest BCUT2D eigenvalue weighted by Gasteiger charge is 2.17. The number of aryl methyl sites for hydroxylation is 1. The van der Waals surface area contributed by atoms with E-state index >= 15 is 0 Å². The molecule has 1 aromatic heterocycles. The first-order valence-electron chi connectivity index (χ1n) is 6.23. The minimum Gasteiger partial charge on any atom is -0.324 e. The molecule has 0 saturated carbocycles. The van der Waals surface area contributed by atoms with E-state index in [9.17, 15) is 9.59 Å². The minimum atomic E-state index is -0.501. The number of amides is 1. The van der Waals surface area contributed by atoms with Crippen molar-refractivity contribution in [2.75, 3.05) is 5.32 Å². The Bertz CT molecular complexity index is 766. The highest BCUT2D eigenvalue weighted by atomic mass is 35.5. The van der Waals surface area contributed by atoms with E-state index in [0.29, 0.717) is 15.7 Å². The number of nitrogens with one attached hydrogen (secondary N) is 2. The van der Waals surface area contributed by atoms with Crippen molar-refractivity contribution < 1.29 is 4.79 Å². The molecule has 2 aromatic rings. The molecule has 0 aliphatic heterocycles. The number of thioether (sulfide) groups is 1. The van der Waals surface area contributed by atoms with Gasteiger partial charge in [0.05, 0.1) is 16.0 Å². The maximum absolute atomic E-state index is 12.1. The topological polar surface area (TPSA) is 87.7 Å². The van der Waals surface area contributed by atoms with Crippen LogP contribution in [0.2, 0.25) is 10.0 Å². The first-order valence-corrected chi connectivity index (χ1v) is 7.86. The molecular weight excluding hydrogens is 347 g/mol. The summed E-state index contributed by atoms with van der Waals surface area (Å²) in [7, 11) is 0. The molecule has 1 heterocycles. The van der Waals surface area contributed by atoms with Gasteiger partial charge in [0, 0.05) is 5.02 Å². The number of aromatic amines is 1. The molecule has 0 fully saturated rings. The van der Waals surface area contributed by atoms with Gasteiger partial charge in [-0.1, -0.05) is 35.0 Å². The first kappa shape index (κ1) is 16.8. The minimum absolute atomic E-state index is 0.273. The highest BCUT2D eigenvalue weighted by molar-refractivity contribution is 8.00. The van der Waals surface area contributed by atoms with Crippen LogP contribution in [0.15, 0.2) is 28.2 Å². The van der Waals surface area contributed by atoms with Gasteiger partial charge in [-0.3, -0.25) is 14.6 Å². The van der Waals surface area contributed by atoms with Crippen LogP contribution < -0.4 is 10.9 Å². The Hall–Kier alpha value is -1.57. The van der Waals surface area contributed by atoms with Crippen molar-refractivity contribution in [1.29, 1.82) is 0 Å². The van der Waals surface area contributed by atoms with Crippen LogP contribution in [0.4, 0.5) is 5.69 Å². The number of nitrogens with zero attached hydrogens (tertiary/aromatic N) is 2. The summed E-state index contributed by atoms with van der Waals surface area (Å²) >= 11 is 12.9. The van der Waals surface area contributed by atoms with Gasteiger partial charge in [-0.2, -0.15) is 0 Å². The zero-order valence-electron chi connectivity index (χ0n) is 11.7. The van der Waals surface area contributed by atoms with E-state index in [-0.39, 0.29) is 22.3 Å². The maximum Gasteiger partial charge on any atom is 0.273 e. The lowest BCUT2D eigenvalue weighted by Gasteiger charge is -2.12. The number of hydrogen-bond acceptors (Lipinski definition) is 5.